The number of para-hydroxylation sites is 1. The Kier molecular flexibility index (Phi) is 5.60. The maximum atomic E-state index is 5.11. The third kappa shape index (κ3) is 3.80. The third-order valence-corrected chi connectivity index (χ3v) is 10.1. The highest BCUT2D eigenvalue weighted by Gasteiger charge is 2.22. The molecule has 11 aromatic rings. The van der Waals surface area contributed by atoms with Crippen molar-refractivity contribution in [2.45, 2.75) is 0 Å². The standard InChI is InChI=1S/C45H27N5/c1-3-13-28(14-4-1)43-46-44(29-15-5-2-6-16-29)48-45(47-43)50-37-22-10-9-19-33(37)36-27-30(25-26-38(36)50)49-39-23-11-20-34-31-17-7-8-18-32(31)35-21-12-24-40(49)42(35)41(34)39/h1-27H. The fraction of sp³-hybridized carbons (Fsp3) is 0. The molecule has 0 spiro atoms. The average molecular weight is 638 g/mol. The van der Waals surface area contributed by atoms with Gasteiger partial charge in [0.2, 0.25) is 5.95 Å². The molecule has 0 amide bonds. The molecule has 0 fully saturated rings. The van der Waals surface area contributed by atoms with Gasteiger partial charge in [-0.3, -0.25) is 4.57 Å². The Balaban J connectivity index is 1.19. The Morgan fingerprint density at radius 1 is 0.320 bits per heavy atom. The van der Waals surface area contributed by atoms with Gasteiger partial charge >= 0.3 is 0 Å². The van der Waals surface area contributed by atoms with E-state index in [0.29, 0.717) is 17.6 Å². The molecule has 0 saturated carbocycles. The summed E-state index contributed by atoms with van der Waals surface area (Å²) in [5.41, 5.74) is 7.51. The summed E-state index contributed by atoms with van der Waals surface area (Å²) in [7, 11) is 0. The van der Waals surface area contributed by atoms with Crippen LogP contribution >= 0.6 is 0 Å². The van der Waals surface area contributed by atoms with E-state index in [9.17, 15) is 0 Å². The zero-order valence-electron chi connectivity index (χ0n) is 26.8. The van der Waals surface area contributed by atoms with Crippen molar-refractivity contribution in [1.82, 2.24) is 24.1 Å². The van der Waals surface area contributed by atoms with Gasteiger partial charge in [-0.2, -0.15) is 9.97 Å². The Morgan fingerprint density at radius 3 is 1.40 bits per heavy atom. The van der Waals surface area contributed by atoms with Gasteiger partial charge in [-0.15, -0.1) is 0 Å². The highest BCUT2D eigenvalue weighted by atomic mass is 15.2. The van der Waals surface area contributed by atoms with Crippen molar-refractivity contribution in [3.8, 4) is 34.4 Å². The van der Waals surface area contributed by atoms with Crippen molar-refractivity contribution < 1.29 is 0 Å². The number of aromatic nitrogens is 5. The van der Waals surface area contributed by atoms with Gasteiger partial charge in [-0.25, -0.2) is 4.98 Å². The molecule has 8 aromatic carbocycles. The second kappa shape index (κ2) is 10.3. The zero-order chi connectivity index (χ0) is 32.8. The first-order valence-corrected chi connectivity index (χ1v) is 16.9. The molecule has 3 heterocycles. The average Bonchev–Trinajstić information content (AvgIpc) is 3.71. The Bertz CT molecular complexity index is 2940. The summed E-state index contributed by atoms with van der Waals surface area (Å²) in [6.45, 7) is 0. The van der Waals surface area contributed by atoms with Crippen LogP contribution in [0.1, 0.15) is 0 Å². The van der Waals surface area contributed by atoms with E-state index in [-0.39, 0.29) is 0 Å². The maximum Gasteiger partial charge on any atom is 0.238 e. The Morgan fingerprint density at radius 2 is 0.800 bits per heavy atom. The molecule has 11 rings (SSSR count). The lowest BCUT2D eigenvalue weighted by molar-refractivity contribution is 0.953. The van der Waals surface area contributed by atoms with Crippen LogP contribution in [0.4, 0.5) is 0 Å². The number of nitrogens with zero attached hydrogens (tertiary/aromatic N) is 5. The minimum Gasteiger partial charge on any atom is -0.309 e. The predicted molar refractivity (Wildman–Crippen MR) is 206 cm³/mol. The van der Waals surface area contributed by atoms with Crippen molar-refractivity contribution in [2.75, 3.05) is 0 Å². The highest BCUT2D eigenvalue weighted by Crippen LogP contribution is 2.44. The molecule has 0 aliphatic heterocycles. The van der Waals surface area contributed by atoms with Crippen LogP contribution in [0.3, 0.4) is 0 Å². The van der Waals surface area contributed by atoms with Crippen LogP contribution in [-0.4, -0.2) is 24.1 Å². The molecule has 0 atom stereocenters. The maximum absolute atomic E-state index is 5.11. The second-order valence-corrected chi connectivity index (χ2v) is 12.8. The molecule has 0 saturated heterocycles. The summed E-state index contributed by atoms with van der Waals surface area (Å²) in [5.74, 6) is 1.87. The quantitative estimate of drug-likeness (QED) is 0.180. The van der Waals surface area contributed by atoms with Crippen molar-refractivity contribution in [2.24, 2.45) is 0 Å². The summed E-state index contributed by atoms with van der Waals surface area (Å²) in [6.07, 6.45) is 0. The van der Waals surface area contributed by atoms with E-state index < -0.39 is 0 Å². The normalized spacial score (nSPS) is 12.0. The summed E-state index contributed by atoms with van der Waals surface area (Å²) < 4.78 is 4.61. The van der Waals surface area contributed by atoms with E-state index in [4.69, 9.17) is 15.0 Å². The van der Waals surface area contributed by atoms with Crippen LogP contribution in [0.2, 0.25) is 0 Å². The van der Waals surface area contributed by atoms with Gasteiger partial charge in [0.15, 0.2) is 11.6 Å². The lowest BCUT2D eigenvalue weighted by Gasteiger charge is -2.11. The molecular weight excluding hydrogens is 611 g/mol. The highest BCUT2D eigenvalue weighted by molar-refractivity contribution is 6.34. The van der Waals surface area contributed by atoms with Crippen LogP contribution in [-0.2, 0) is 0 Å². The summed E-state index contributed by atoms with van der Waals surface area (Å²) in [6, 6.07) is 57.8. The minimum atomic E-state index is 0.589. The topological polar surface area (TPSA) is 48.5 Å². The molecule has 0 radical (unpaired) electrons. The van der Waals surface area contributed by atoms with Gasteiger partial charge in [-0.1, -0.05) is 127 Å². The van der Waals surface area contributed by atoms with E-state index >= 15 is 0 Å². The SMILES string of the molecule is c1ccc(-c2nc(-c3ccccc3)nc(-n3c4ccccc4c4cc(-n5c6cccc7c8ccccc8c8cccc5c8c76)ccc43)n2)cc1. The van der Waals surface area contributed by atoms with Gasteiger partial charge < -0.3 is 4.57 Å². The number of hydrogen-bond donors (Lipinski definition) is 0. The van der Waals surface area contributed by atoms with Crippen LogP contribution in [0, 0.1) is 0 Å². The van der Waals surface area contributed by atoms with Crippen LogP contribution in [0.25, 0.3) is 99.6 Å². The fourth-order valence-corrected chi connectivity index (χ4v) is 8.00. The lowest BCUT2D eigenvalue weighted by atomic mass is 9.95. The first kappa shape index (κ1) is 27.1. The van der Waals surface area contributed by atoms with E-state index in [1.54, 1.807) is 0 Å². The largest absolute Gasteiger partial charge is 0.309 e. The monoisotopic (exact) mass is 637 g/mol. The molecule has 232 valence electrons. The molecule has 3 aromatic heterocycles. The van der Waals surface area contributed by atoms with Crippen molar-refractivity contribution in [3.05, 3.63) is 164 Å². The van der Waals surface area contributed by atoms with Gasteiger partial charge in [0.05, 0.1) is 22.1 Å². The molecule has 0 aliphatic carbocycles. The Hall–Kier alpha value is -6.85. The first-order chi connectivity index (χ1) is 24.8. The summed E-state index contributed by atoms with van der Waals surface area (Å²) >= 11 is 0. The predicted octanol–water partition coefficient (Wildman–Crippen LogP) is 11.1. The van der Waals surface area contributed by atoms with Gasteiger partial charge in [0.25, 0.3) is 0 Å². The van der Waals surface area contributed by atoms with E-state index in [2.05, 4.69) is 112 Å². The first-order valence-electron chi connectivity index (χ1n) is 16.9. The number of rotatable bonds is 4. The van der Waals surface area contributed by atoms with Crippen LogP contribution in [0.5, 0.6) is 0 Å². The minimum absolute atomic E-state index is 0.589. The fourth-order valence-electron chi connectivity index (χ4n) is 8.00. The van der Waals surface area contributed by atoms with Crippen LogP contribution in [0.15, 0.2) is 164 Å². The van der Waals surface area contributed by atoms with E-state index in [0.717, 1.165) is 38.6 Å². The van der Waals surface area contributed by atoms with Crippen molar-refractivity contribution in [3.63, 3.8) is 0 Å². The summed E-state index contributed by atoms with van der Waals surface area (Å²) in [4.78, 5) is 15.2. The molecule has 0 unspecified atom stereocenters. The molecule has 5 nitrogen and oxygen atoms in total. The number of fused-ring (bicyclic) bond motifs is 6. The van der Waals surface area contributed by atoms with Crippen LogP contribution < -0.4 is 0 Å². The molecule has 5 heteroatoms. The van der Waals surface area contributed by atoms with Gasteiger partial charge in [-0.05, 0) is 57.9 Å². The molecule has 50 heavy (non-hydrogen) atoms. The van der Waals surface area contributed by atoms with Gasteiger partial charge in [0, 0.05) is 38.4 Å². The Labute approximate surface area is 286 Å². The zero-order valence-corrected chi connectivity index (χ0v) is 26.8. The number of benzene rings is 8. The lowest BCUT2D eigenvalue weighted by Crippen LogP contribution is -2.06. The second-order valence-electron chi connectivity index (χ2n) is 12.8. The smallest absolute Gasteiger partial charge is 0.238 e. The molecular formula is C45H27N5. The molecule has 0 N–H and O–H groups in total. The molecule has 0 aliphatic rings. The third-order valence-electron chi connectivity index (χ3n) is 10.1. The molecule has 0 bridgehead atoms. The van der Waals surface area contributed by atoms with E-state index in [1.165, 1.54) is 43.4 Å². The van der Waals surface area contributed by atoms with E-state index in [1.807, 2.05) is 60.7 Å². The van der Waals surface area contributed by atoms with Gasteiger partial charge in [0.1, 0.15) is 0 Å². The van der Waals surface area contributed by atoms with Crippen molar-refractivity contribution in [1.29, 1.82) is 0 Å². The number of hydrogen-bond acceptors (Lipinski definition) is 3. The summed E-state index contributed by atoms with van der Waals surface area (Å²) in [5, 5.41) is 10.1. The van der Waals surface area contributed by atoms with Crippen molar-refractivity contribution >= 4 is 65.2 Å².